The van der Waals surface area contributed by atoms with Gasteiger partial charge < -0.3 is 20.4 Å². The zero-order valence-corrected chi connectivity index (χ0v) is 8.93. The van der Waals surface area contributed by atoms with Gasteiger partial charge in [0.25, 0.3) is 0 Å². The van der Waals surface area contributed by atoms with Crippen LogP contribution < -0.4 is 5.32 Å². The smallest absolute Gasteiger partial charge is 0.326 e. The topological polar surface area (TPSA) is 89.9 Å². The van der Waals surface area contributed by atoms with Crippen LogP contribution in [0.25, 0.3) is 0 Å². The van der Waals surface area contributed by atoms with E-state index in [0.29, 0.717) is 0 Å². The molecule has 0 saturated carbocycles. The normalized spacial score (nSPS) is 34.3. The molecule has 0 spiro atoms. The van der Waals surface area contributed by atoms with Crippen LogP contribution in [0.2, 0.25) is 0 Å². The Bertz CT molecular complexity index is 301. The second kappa shape index (κ2) is 4.39. The monoisotopic (exact) mass is 228 g/mol. The number of carboxylic acid groups (broad SMARTS) is 1. The highest BCUT2D eigenvalue weighted by Crippen LogP contribution is 2.21. The van der Waals surface area contributed by atoms with Crippen LogP contribution in [0.5, 0.6) is 0 Å². The number of rotatable bonds is 2. The average molecular weight is 228 g/mol. The summed E-state index contributed by atoms with van der Waals surface area (Å²) >= 11 is 0. The average Bonchev–Trinajstić information content (AvgIpc) is 2.84. The number of likely N-dealkylation sites (tertiary alicyclic amines) is 1. The van der Waals surface area contributed by atoms with E-state index in [-0.39, 0.29) is 24.9 Å². The van der Waals surface area contributed by atoms with Crippen LogP contribution in [-0.4, -0.2) is 58.3 Å². The summed E-state index contributed by atoms with van der Waals surface area (Å²) in [6.45, 7) is 0.929. The van der Waals surface area contributed by atoms with E-state index < -0.39 is 18.1 Å². The number of nitrogens with one attached hydrogen (secondary N) is 1. The molecule has 2 aliphatic rings. The summed E-state index contributed by atoms with van der Waals surface area (Å²) in [6.07, 6.45) is 1.10. The van der Waals surface area contributed by atoms with Crippen LogP contribution in [0.4, 0.5) is 0 Å². The Morgan fingerprint density at radius 2 is 2.12 bits per heavy atom. The lowest BCUT2D eigenvalue weighted by atomic mass is 10.1. The molecule has 0 aromatic carbocycles. The van der Waals surface area contributed by atoms with E-state index in [2.05, 4.69) is 5.32 Å². The molecule has 2 fully saturated rings. The first-order valence-corrected chi connectivity index (χ1v) is 5.54. The van der Waals surface area contributed by atoms with Crippen LogP contribution in [0, 0.1) is 0 Å². The molecule has 0 aliphatic carbocycles. The Balaban J connectivity index is 2.06. The third-order valence-electron chi connectivity index (χ3n) is 3.21. The molecule has 16 heavy (non-hydrogen) atoms. The van der Waals surface area contributed by atoms with E-state index in [1.807, 2.05) is 0 Å². The number of hydrogen-bond acceptors (Lipinski definition) is 4. The molecule has 3 N–H and O–H groups in total. The molecule has 2 aliphatic heterocycles. The molecule has 0 radical (unpaired) electrons. The van der Waals surface area contributed by atoms with Crippen LogP contribution in [-0.2, 0) is 9.59 Å². The van der Waals surface area contributed by atoms with Gasteiger partial charge >= 0.3 is 5.97 Å². The summed E-state index contributed by atoms with van der Waals surface area (Å²) in [7, 11) is 0. The lowest BCUT2D eigenvalue weighted by molar-refractivity contribution is -0.148. The van der Waals surface area contributed by atoms with Gasteiger partial charge in [0, 0.05) is 13.0 Å². The number of carbonyl (C=O) groups excluding carboxylic acids is 1. The van der Waals surface area contributed by atoms with Gasteiger partial charge in [-0.1, -0.05) is 0 Å². The molecule has 0 aromatic rings. The van der Waals surface area contributed by atoms with E-state index in [1.165, 1.54) is 4.90 Å². The number of aliphatic carboxylic acids is 1. The van der Waals surface area contributed by atoms with Crippen molar-refractivity contribution in [2.45, 2.75) is 37.5 Å². The summed E-state index contributed by atoms with van der Waals surface area (Å²) in [5.41, 5.74) is 0. The van der Waals surface area contributed by atoms with Crippen LogP contribution in [0.15, 0.2) is 0 Å². The predicted molar refractivity (Wildman–Crippen MR) is 54.8 cm³/mol. The van der Waals surface area contributed by atoms with Crippen LogP contribution in [0.1, 0.15) is 19.3 Å². The first-order valence-electron chi connectivity index (χ1n) is 5.54. The van der Waals surface area contributed by atoms with Crippen molar-refractivity contribution in [1.82, 2.24) is 10.2 Å². The minimum atomic E-state index is -1.04. The first-order chi connectivity index (χ1) is 7.59. The molecule has 2 rings (SSSR count). The second-order valence-corrected chi connectivity index (χ2v) is 4.38. The maximum Gasteiger partial charge on any atom is 0.326 e. The minimum Gasteiger partial charge on any atom is -0.480 e. The highest BCUT2D eigenvalue weighted by molar-refractivity contribution is 5.87. The van der Waals surface area contributed by atoms with Gasteiger partial charge in [-0.05, 0) is 19.4 Å². The van der Waals surface area contributed by atoms with Gasteiger partial charge in [-0.25, -0.2) is 4.79 Å². The van der Waals surface area contributed by atoms with E-state index in [1.54, 1.807) is 0 Å². The molecule has 1 amide bonds. The Morgan fingerprint density at radius 1 is 1.38 bits per heavy atom. The molecular weight excluding hydrogens is 212 g/mol. The molecular formula is C10H16N2O4. The molecule has 6 heteroatoms. The molecule has 0 bridgehead atoms. The van der Waals surface area contributed by atoms with E-state index in [9.17, 15) is 14.7 Å². The Morgan fingerprint density at radius 3 is 2.69 bits per heavy atom. The van der Waals surface area contributed by atoms with Gasteiger partial charge in [0.15, 0.2) is 0 Å². The van der Waals surface area contributed by atoms with Gasteiger partial charge in [0.1, 0.15) is 6.04 Å². The number of hydrogen-bond donors (Lipinski definition) is 3. The fraction of sp³-hybridized carbons (Fsp3) is 0.800. The predicted octanol–water partition coefficient (Wildman–Crippen LogP) is -1.22. The maximum absolute atomic E-state index is 12.0. The quantitative estimate of drug-likeness (QED) is 0.551. The Hall–Kier alpha value is -1.14. The van der Waals surface area contributed by atoms with Crippen LogP contribution >= 0.6 is 0 Å². The van der Waals surface area contributed by atoms with E-state index >= 15 is 0 Å². The van der Waals surface area contributed by atoms with Crippen LogP contribution in [0.3, 0.4) is 0 Å². The molecule has 0 aromatic heterocycles. The Labute approximate surface area is 93.2 Å². The number of carbonyl (C=O) groups is 2. The zero-order valence-electron chi connectivity index (χ0n) is 8.93. The van der Waals surface area contributed by atoms with Gasteiger partial charge in [-0.3, -0.25) is 4.79 Å². The number of amides is 1. The minimum absolute atomic E-state index is 0.133. The summed E-state index contributed by atoms with van der Waals surface area (Å²) in [5.74, 6) is -1.23. The highest BCUT2D eigenvalue weighted by Gasteiger charge is 2.41. The zero-order chi connectivity index (χ0) is 11.7. The number of aliphatic hydroxyl groups excluding tert-OH is 1. The Kier molecular flexibility index (Phi) is 3.11. The van der Waals surface area contributed by atoms with Crippen molar-refractivity contribution in [3.05, 3.63) is 0 Å². The fourth-order valence-electron chi connectivity index (χ4n) is 2.39. The molecule has 6 nitrogen and oxygen atoms in total. The molecule has 2 saturated heterocycles. The number of carboxylic acids is 1. The molecule has 3 atom stereocenters. The van der Waals surface area contributed by atoms with Crippen molar-refractivity contribution in [2.75, 3.05) is 13.1 Å². The first kappa shape index (κ1) is 11.3. The van der Waals surface area contributed by atoms with E-state index in [0.717, 1.165) is 19.4 Å². The fourth-order valence-corrected chi connectivity index (χ4v) is 2.39. The maximum atomic E-state index is 12.0. The summed E-state index contributed by atoms with van der Waals surface area (Å²) < 4.78 is 0. The van der Waals surface area contributed by atoms with Gasteiger partial charge in [0.05, 0.1) is 12.1 Å². The van der Waals surface area contributed by atoms with Crippen molar-refractivity contribution in [1.29, 1.82) is 0 Å². The van der Waals surface area contributed by atoms with E-state index in [4.69, 9.17) is 5.11 Å². The largest absolute Gasteiger partial charge is 0.480 e. The summed E-state index contributed by atoms with van der Waals surface area (Å²) in [6, 6.07) is -1.14. The lowest BCUT2D eigenvalue weighted by Crippen LogP contribution is -2.48. The summed E-state index contributed by atoms with van der Waals surface area (Å²) in [4.78, 5) is 24.2. The van der Waals surface area contributed by atoms with Crippen molar-refractivity contribution in [2.24, 2.45) is 0 Å². The second-order valence-electron chi connectivity index (χ2n) is 4.38. The number of nitrogens with zero attached hydrogens (tertiary/aromatic N) is 1. The van der Waals surface area contributed by atoms with Crippen molar-refractivity contribution in [3.8, 4) is 0 Å². The highest BCUT2D eigenvalue weighted by atomic mass is 16.4. The lowest BCUT2D eigenvalue weighted by Gasteiger charge is -2.24. The van der Waals surface area contributed by atoms with Gasteiger partial charge in [-0.15, -0.1) is 0 Å². The number of β-amino-alcohol motifs (C(OH)–C–C–N with tert-alkyl or cyclic N) is 1. The standard InChI is InChI=1S/C10H16N2O4/c13-6-4-8(10(15)16)12(5-6)9(14)7-2-1-3-11-7/h6-8,11,13H,1-5H2,(H,15,16)/t6?,7?,8-/m0/s1. The third kappa shape index (κ3) is 2.03. The molecule has 2 unspecified atom stereocenters. The van der Waals surface area contributed by atoms with Crippen molar-refractivity contribution >= 4 is 11.9 Å². The molecule has 90 valence electrons. The van der Waals surface area contributed by atoms with Crippen molar-refractivity contribution < 1.29 is 19.8 Å². The summed E-state index contributed by atoms with van der Waals surface area (Å²) in [5, 5.41) is 21.4. The SMILES string of the molecule is O=C(O)[C@@H]1CC(O)CN1C(=O)C1CCCN1. The molecule has 2 heterocycles. The third-order valence-corrected chi connectivity index (χ3v) is 3.21. The van der Waals surface area contributed by atoms with Crippen molar-refractivity contribution in [3.63, 3.8) is 0 Å². The van der Waals surface area contributed by atoms with Gasteiger partial charge in [0.2, 0.25) is 5.91 Å². The number of aliphatic hydroxyl groups is 1. The van der Waals surface area contributed by atoms with Gasteiger partial charge in [-0.2, -0.15) is 0 Å².